The summed E-state index contributed by atoms with van der Waals surface area (Å²) in [6.07, 6.45) is 5.47. The highest BCUT2D eigenvalue weighted by atomic mass is 15.0. The molecule has 3 unspecified atom stereocenters. The second kappa shape index (κ2) is 6.04. The lowest BCUT2D eigenvalue weighted by atomic mass is 9.85. The Kier molecular flexibility index (Phi) is 4.62. The molecule has 1 heterocycles. The Bertz CT molecular complexity index is 416. The molecule has 1 aliphatic carbocycles. The maximum Gasteiger partial charge on any atom is 0.0426 e. The van der Waals surface area contributed by atoms with Gasteiger partial charge in [-0.25, -0.2) is 0 Å². The second-order valence-corrected chi connectivity index (χ2v) is 6.34. The van der Waals surface area contributed by atoms with Gasteiger partial charge in [-0.1, -0.05) is 19.8 Å². The van der Waals surface area contributed by atoms with E-state index in [0.717, 1.165) is 11.6 Å². The van der Waals surface area contributed by atoms with Crippen molar-refractivity contribution in [2.45, 2.75) is 72.4 Å². The van der Waals surface area contributed by atoms with E-state index in [1.54, 1.807) is 0 Å². The lowest BCUT2D eigenvalue weighted by molar-refractivity contribution is 0.263. The molecule has 0 amide bonds. The van der Waals surface area contributed by atoms with Crippen molar-refractivity contribution in [3.05, 3.63) is 28.6 Å². The molecule has 1 aliphatic rings. The highest BCUT2D eigenvalue weighted by molar-refractivity contribution is 5.33. The number of hydrogen-bond acceptors (Lipinski definition) is 2. The Balaban J connectivity index is 2.13. The third-order valence-electron chi connectivity index (χ3n) is 4.59. The predicted octanol–water partition coefficient (Wildman–Crippen LogP) is 4.24. The fraction of sp³-hybridized carbons (Fsp3) is 0.706. The molecule has 1 aromatic heterocycles. The van der Waals surface area contributed by atoms with Crippen LogP contribution < -0.4 is 5.32 Å². The molecule has 0 saturated heterocycles. The van der Waals surface area contributed by atoms with Gasteiger partial charge in [0.15, 0.2) is 0 Å². The molecule has 19 heavy (non-hydrogen) atoms. The molecule has 1 saturated carbocycles. The van der Waals surface area contributed by atoms with Crippen molar-refractivity contribution in [3.8, 4) is 0 Å². The Hall–Kier alpha value is -0.890. The Morgan fingerprint density at radius 2 is 1.89 bits per heavy atom. The summed E-state index contributed by atoms with van der Waals surface area (Å²) >= 11 is 0. The van der Waals surface area contributed by atoms with Crippen LogP contribution in [0.2, 0.25) is 0 Å². The quantitative estimate of drug-likeness (QED) is 0.879. The van der Waals surface area contributed by atoms with Crippen LogP contribution in [-0.4, -0.2) is 11.0 Å². The number of nitrogens with zero attached hydrogens (tertiary/aromatic N) is 1. The third-order valence-corrected chi connectivity index (χ3v) is 4.59. The molecular formula is C17H28N2. The largest absolute Gasteiger partial charge is 0.307 e. The average Bonchev–Trinajstić information content (AvgIpc) is 2.30. The fourth-order valence-corrected chi connectivity index (χ4v) is 3.66. The number of rotatable bonds is 3. The van der Waals surface area contributed by atoms with Crippen molar-refractivity contribution in [3.63, 3.8) is 0 Å². The van der Waals surface area contributed by atoms with Gasteiger partial charge in [-0.05, 0) is 63.6 Å². The van der Waals surface area contributed by atoms with E-state index >= 15 is 0 Å². The first kappa shape index (κ1) is 14.5. The first-order valence-corrected chi connectivity index (χ1v) is 7.70. The van der Waals surface area contributed by atoms with Crippen LogP contribution in [0.25, 0.3) is 0 Å². The molecule has 0 bridgehead atoms. The van der Waals surface area contributed by atoms with Crippen LogP contribution >= 0.6 is 0 Å². The molecule has 0 aliphatic heterocycles. The molecule has 2 heteroatoms. The van der Waals surface area contributed by atoms with Crippen LogP contribution in [0.15, 0.2) is 6.07 Å². The van der Waals surface area contributed by atoms with Crippen LogP contribution in [0.4, 0.5) is 0 Å². The van der Waals surface area contributed by atoms with Crippen molar-refractivity contribution >= 4 is 0 Å². The summed E-state index contributed by atoms with van der Waals surface area (Å²) in [5, 5.41) is 3.85. The van der Waals surface area contributed by atoms with Gasteiger partial charge in [0.05, 0.1) is 0 Å². The van der Waals surface area contributed by atoms with Crippen LogP contribution in [0, 0.1) is 26.7 Å². The van der Waals surface area contributed by atoms with E-state index in [1.165, 1.54) is 42.5 Å². The zero-order valence-electron chi connectivity index (χ0n) is 13.1. The fourth-order valence-electron chi connectivity index (χ4n) is 3.66. The highest BCUT2D eigenvalue weighted by Gasteiger charge is 2.24. The van der Waals surface area contributed by atoms with E-state index in [4.69, 9.17) is 0 Å². The molecule has 1 fully saturated rings. The smallest absolute Gasteiger partial charge is 0.0426 e. The van der Waals surface area contributed by atoms with Crippen molar-refractivity contribution in [2.24, 2.45) is 5.92 Å². The molecule has 2 nitrogen and oxygen atoms in total. The third kappa shape index (κ3) is 3.36. The summed E-state index contributed by atoms with van der Waals surface area (Å²) in [6, 6.07) is 3.27. The number of aryl methyl sites for hydroxylation is 3. The molecule has 0 radical (unpaired) electrons. The molecule has 106 valence electrons. The number of aromatic nitrogens is 1. The van der Waals surface area contributed by atoms with Crippen molar-refractivity contribution in [1.29, 1.82) is 0 Å². The molecule has 0 aromatic carbocycles. The lowest BCUT2D eigenvalue weighted by Crippen LogP contribution is -2.39. The Morgan fingerprint density at radius 3 is 2.53 bits per heavy atom. The summed E-state index contributed by atoms with van der Waals surface area (Å²) in [5.74, 6) is 0.801. The molecular weight excluding hydrogens is 232 g/mol. The number of nitrogens with one attached hydrogen (secondary N) is 1. The normalized spacial score (nSPS) is 25.3. The van der Waals surface area contributed by atoms with E-state index in [2.05, 4.69) is 51.0 Å². The number of hydrogen-bond donors (Lipinski definition) is 1. The maximum atomic E-state index is 4.63. The first-order chi connectivity index (χ1) is 8.99. The minimum absolute atomic E-state index is 0.402. The van der Waals surface area contributed by atoms with Crippen molar-refractivity contribution in [1.82, 2.24) is 10.3 Å². The highest BCUT2D eigenvalue weighted by Crippen LogP contribution is 2.28. The summed E-state index contributed by atoms with van der Waals surface area (Å²) in [4.78, 5) is 4.63. The van der Waals surface area contributed by atoms with E-state index in [-0.39, 0.29) is 0 Å². The molecule has 0 spiro atoms. The standard InChI is InChI=1S/C17H28N2/c1-11-8-6-7-9-16(11)19-15(5)17-12(2)10-13(3)18-14(17)4/h10-11,15-16,19H,6-9H2,1-5H3. The van der Waals surface area contributed by atoms with Gasteiger partial charge in [-0.15, -0.1) is 0 Å². The van der Waals surface area contributed by atoms with Gasteiger partial charge in [0.2, 0.25) is 0 Å². The molecule has 3 atom stereocenters. The Morgan fingerprint density at radius 1 is 1.21 bits per heavy atom. The van der Waals surface area contributed by atoms with E-state index < -0.39 is 0 Å². The van der Waals surface area contributed by atoms with Gasteiger partial charge in [-0.2, -0.15) is 0 Å². The van der Waals surface area contributed by atoms with Crippen LogP contribution in [-0.2, 0) is 0 Å². The van der Waals surface area contributed by atoms with Gasteiger partial charge >= 0.3 is 0 Å². The zero-order valence-corrected chi connectivity index (χ0v) is 13.1. The van der Waals surface area contributed by atoms with E-state index in [0.29, 0.717) is 12.1 Å². The van der Waals surface area contributed by atoms with Gasteiger partial charge in [-0.3, -0.25) is 4.98 Å². The summed E-state index contributed by atoms with van der Waals surface area (Å²) in [7, 11) is 0. The first-order valence-electron chi connectivity index (χ1n) is 7.70. The minimum atomic E-state index is 0.402. The average molecular weight is 260 g/mol. The lowest BCUT2D eigenvalue weighted by Gasteiger charge is -2.33. The zero-order chi connectivity index (χ0) is 14.0. The maximum absolute atomic E-state index is 4.63. The van der Waals surface area contributed by atoms with Crippen molar-refractivity contribution < 1.29 is 0 Å². The van der Waals surface area contributed by atoms with Crippen LogP contribution in [0.1, 0.15) is 68.1 Å². The van der Waals surface area contributed by atoms with Crippen LogP contribution in [0.5, 0.6) is 0 Å². The van der Waals surface area contributed by atoms with E-state index in [1.807, 2.05) is 0 Å². The Labute approximate surface area is 118 Å². The monoisotopic (exact) mass is 260 g/mol. The predicted molar refractivity (Wildman–Crippen MR) is 81.4 cm³/mol. The SMILES string of the molecule is Cc1cc(C)c(C(C)NC2CCCCC2C)c(C)n1. The minimum Gasteiger partial charge on any atom is -0.307 e. The van der Waals surface area contributed by atoms with Crippen molar-refractivity contribution in [2.75, 3.05) is 0 Å². The van der Waals surface area contributed by atoms with Gasteiger partial charge in [0.25, 0.3) is 0 Å². The summed E-state index contributed by atoms with van der Waals surface area (Å²) in [6.45, 7) is 11.1. The number of pyridine rings is 1. The van der Waals surface area contributed by atoms with Crippen LogP contribution in [0.3, 0.4) is 0 Å². The molecule has 2 rings (SSSR count). The topological polar surface area (TPSA) is 24.9 Å². The summed E-state index contributed by atoms with van der Waals surface area (Å²) < 4.78 is 0. The summed E-state index contributed by atoms with van der Waals surface area (Å²) in [5.41, 5.74) is 5.06. The molecule has 1 N–H and O–H groups in total. The van der Waals surface area contributed by atoms with Gasteiger partial charge in [0, 0.05) is 23.5 Å². The van der Waals surface area contributed by atoms with Gasteiger partial charge < -0.3 is 5.32 Å². The second-order valence-electron chi connectivity index (χ2n) is 6.34. The molecule has 1 aromatic rings. The van der Waals surface area contributed by atoms with E-state index in [9.17, 15) is 0 Å². The van der Waals surface area contributed by atoms with Gasteiger partial charge in [0.1, 0.15) is 0 Å².